The zero-order chi connectivity index (χ0) is 15.4. The number of nitrogens with zero attached hydrogens (tertiary/aromatic N) is 1. The summed E-state index contributed by atoms with van der Waals surface area (Å²) in [5.74, 6) is -0.624. The molecule has 8 heteroatoms. The van der Waals surface area contributed by atoms with E-state index >= 15 is 0 Å². The van der Waals surface area contributed by atoms with Crippen LogP contribution in [0.15, 0.2) is 45.2 Å². The van der Waals surface area contributed by atoms with Gasteiger partial charge in [0.15, 0.2) is 0 Å². The molecule has 1 heterocycles. The zero-order valence-electron chi connectivity index (χ0n) is 11.0. The van der Waals surface area contributed by atoms with E-state index in [0.29, 0.717) is 11.3 Å². The molecular weight excluding hydrogens is 276 g/mol. The Balaban J connectivity index is 2.16. The molecule has 0 spiro atoms. The first-order valence-electron chi connectivity index (χ1n) is 5.93. The Morgan fingerprint density at radius 3 is 2.52 bits per heavy atom. The minimum atomic E-state index is -0.797. The highest BCUT2D eigenvalue weighted by atomic mass is 16.3. The number of aromatic nitrogens is 2. The summed E-state index contributed by atoms with van der Waals surface area (Å²) < 4.78 is 0. The average molecular weight is 288 g/mol. The standard InChI is InChI=1S/C13H12N4O4/c1-7(8-2-4-9(18)5-3-8)16-17-12(20)10-6-14-13(21)15-11(10)19/h2-6,18H,1H3,(H,17,20)(H2,14,15,19,21)/b16-7-. The number of nitrogens with one attached hydrogen (secondary N) is 3. The monoisotopic (exact) mass is 288 g/mol. The fraction of sp³-hybridized carbons (Fsp3) is 0.0769. The summed E-state index contributed by atoms with van der Waals surface area (Å²) in [4.78, 5) is 38.2. The molecule has 4 N–H and O–H groups in total. The van der Waals surface area contributed by atoms with E-state index in [4.69, 9.17) is 0 Å². The largest absolute Gasteiger partial charge is 0.508 e. The van der Waals surface area contributed by atoms with Crippen molar-refractivity contribution in [2.24, 2.45) is 5.10 Å². The van der Waals surface area contributed by atoms with Gasteiger partial charge in [-0.2, -0.15) is 5.10 Å². The van der Waals surface area contributed by atoms with Gasteiger partial charge in [-0.3, -0.25) is 14.6 Å². The van der Waals surface area contributed by atoms with Crippen molar-refractivity contribution in [2.45, 2.75) is 6.92 Å². The minimum absolute atomic E-state index is 0.121. The lowest BCUT2D eigenvalue weighted by molar-refractivity contribution is 0.0953. The molecule has 2 aromatic rings. The molecule has 0 aliphatic carbocycles. The normalized spacial score (nSPS) is 11.2. The van der Waals surface area contributed by atoms with Crippen LogP contribution in [0, 0.1) is 0 Å². The van der Waals surface area contributed by atoms with Gasteiger partial charge in [-0.25, -0.2) is 10.2 Å². The van der Waals surface area contributed by atoms with E-state index in [1.54, 1.807) is 19.1 Å². The van der Waals surface area contributed by atoms with Crippen LogP contribution < -0.4 is 16.7 Å². The summed E-state index contributed by atoms with van der Waals surface area (Å²) in [5, 5.41) is 13.0. The number of hydrazone groups is 1. The van der Waals surface area contributed by atoms with Crippen LogP contribution in [0.5, 0.6) is 5.75 Å². The van der Waals surface area contributed by atoms with Crippen LogP contribution in [0.4, 0.5) is 0 Å². The van der Waals surface area contributed by atoms with Crippen molar-refractivity contribution in [1.82, 2.24) is 15.4 Å². The van der Waals surface area contributed by atoms with E-state index in [0.717, 1.165) is 6.20 Å². The molecule has 0 atom stereocenters. The number of hydrogen-bond donors (Lipinski definition) is 4. The summed E-state index contributed by atoms with van der Waals surface area (Å²) in [7, 11) is 0. The lowest BCUT2D eigenvalue weighted by atomic mass is 10.1. The van der Waals surface area contributed by atoms with Crippen LogP contribution in [0.3, 0.4) is 0 Å². The van der Waals surface area contributed by atoms with E-state index in [1.807, 2.05) is 4.98 Å². The molecule has 108 valence electrons. The van der Waals surface area contributed by atoms with Gasteiger partial charge in [-0.1, -0.05) is 0 Å². The second kappa shape index (κ2) is 5.87. The van der Waals surface area contributed by atoms with Crippen LogP contribution in [0.25, 0.3) is 0 Å². The van der Waals surface area contributed by atoms with Crippen molar-refractivity contribution >= 4 is 11.6 Å². The Morgan fingerprint density at radius 1 is 1.24 bits per heavy atom. The number of aromatic hydroxyl groups is 1. The van der Waals surface area contributed by atoms with Crippen molar-refractivity contribution in [3.63, 3.8) is 0 Å². The summed E-state index contributed by atoms with van der Waals surface area (Å²) in [5.41, 5.74) is 1.66. The summed E-state index contributed by atoms with van der Waals surface area (Å²) in [6.07, 6.45) is 1.02. The van der Waals surface area contributed by atoms with E-state index < -0.39 is 17.2 Å². The molecule has 0 bridgehead atoms. The van der Waals surface area contributed by atoms with Gasteiger partial charge in [0.05, 0.1) is 5.71 Å². The molecule has 1 aromatic heterocycles. The smallest absolute Gasteiger partial charge is 0.325 e. The first-order valence-corrected chi connectivity index (χ1v) is 5.93. The SMILES string of the molecule is C/C(=N/NC(=O)c1c[nH]c(=O)[nH]c1=O)c1ccc(O)cc1. The van der Waals surface area contributed by atoms with E-state index in [2.05, 4.69) is 15.5 Å². The topological polar surface area (TPSA) is 127 Å². The molecule has 1 aromatic carbocycles. The predicted octanol–water partition coefficient (Wildman–Crippen LogP) is -0.0772. The molecule has 0 aliphatic heterocycles. The van der Waals surface area contributed by atoms with Crippen molar-refractivity contribution in [3.8, 4) is 5.75 Å². The maximum absolute atomic E-state index is 11.8. The van der Waals surface area contributed by atoms with E-state index in [1.165, 1.54) is 12.1 Å². The predicted molar refractivity (Wildman–Crippen MR) is 75.5 cm³/mol. The highest BCUT2D eigenvalue weighted by Crippen LogP contribution is 2.10. The van der Waals surface area contributed by atoms with Crippen molar-refractivity contribution in [3.05, 3.63) is 62.4 Å². The number of aromatic amines is 2. The van der Waals surface area contributed by atoms with Gasteiger partial charge in [0.25, 0.3) is 11.5 Å². The maximum atomic E-state index is 11.8. The van der Waals surface area contributed by atoms with Gasteiger partial charge in [-0.05, 0) is 36.8 Å². The summed E-state index contributed by atoms with van der Waals surface area (Å²) in [6.45, 7) is 1.66. The molecule has 0 radical (unpaired) electrons. The highest BCUT2D eigenvalue weighted by Gasteiger charge is 2.10. The number of carbonyl (C=O) groups excluding carboxylic acids is 1. The lowest BCUT2D eigenvalue weighted by Crippen LogP contribution is -2.31. The Labute approximate surface area is 118 Å². The van der Waals surface area contributed by atoms with Crippen LogP contribution in [0.2, 0.25) is 0 Å². The van der Waals surface area contributed by atoms with Crippen LogP contribution in [-0.4, -0.2) is 26.7 Å². The second-order valence-corrected chi connectivity index (χ2v) is 4.17. The number of hydrogen-bond acceptors (Lipinski definition) is 5. The Bertz CT molecular complexity index is 802. The Hall–Kier alpha value is -3.16. The third-order valence-corrected chi connectivity index (χ3v) is 2.67. The average Bonchev–Trinajstić information content (AvgIpc) is 2.45. The number of H-pyrrole nitrogens is 2. The number of phenols is 1. The van der Waals surface area contributed by atoms with Crippen LogP contribution >= 0.6 is 0 Å². The number of amides is 1. The fourth-order valence-corrected chi connectivity index (χ4v) is 1.54. The molecule has 0 unspecified atom stereocenters. The fourth-order valence-electron chi connectivity index (χ4n) is 1.54. The third-order valence-electron chi connectivity index (χ3n) is 2.67. The minimum Gasteiger partial charge on any atom is -0.508 e. The molecule has 0 aliphatic rings. The van der Waals surface area contributed by atoms with Gasteiger partial charge in [0.2, 0.25) is 0 Å². The lowest BCUT2D eigenvalue weighted by Gasteiger charge is -2.02. The zero-order valence-corrected chi connectivity index (χ0v) is 11.0. The number of rotatable bonds is 3. The van der Waals surface area contributed by atoms with Gasteiger partial charge in [0, 0.05) is 6.20 Å². The highest BCUT2D eigenvalue weighted by molar-refractivity contribution is 6.00. The number of phenolic OH excluding ortho intramolecular Hbond substituents is 1. The van der Waals surface area contributed by atoms with E-state index in [-0.39, 0.29) is 11.3 Å². The maximum Gasteiger partial charge on any atom is 0.325 e. The van der Waals surface area contributed by atoms with Crippen molar-refractivity contribution < 1.29 is 9.90 Å². The molecule has 0 saturated carbocycles. The summed E-state index contributed by atoms with van der Waals surface area (Å²) in [6, 6.07) is 6.24. The number of carbonyl (C=O) groups is 1. The van der Waals surface area contributed by atoms with Gasteiger partial charge >= 0.3 is 5.69 Å². The number of benzene rings is 1. The molecule has 0 saturated heterocycles. The first-order chi connectivity index (χ1) is 9.97. The Morgan fingerprint density at radius 2 is 1.90 bits per heavy atom. The second-order valence-electron chi connectivity index (χ2n) is 4.17. The molecule has 2 rings (SSSR count). The molecule has 21 heavy (non-hydrogen) atoms. The first kappa shape index (κ1) is 14.3. The van der Waals surface area contributed by atoms with Gasteiger partial charge in [-0.15, -0.1) is 0 Å². The third kappa shape index (κ3) is 3.44. The quantitative estimate of drug-likeness (QED) is 0.465. The molecule has 0 fully saturated rings. The van der Waals surface area contributed by atoms with E-state index in [9.17, 15) is 19.5 Å². The van der Waals surface area contributed by atoms with Crippen LogP contribution in [0.1, 0.15) is 22.8 Å². The van der Waals surface area contributed by atoms with Gasteiger partial charge < -0.3 is 10.1 Å². The molecular formula is C13H12N4O4. The molecule has 8 nitrogen and oxygen atoms in total. The molecule has 1 amide bonds. The van der Waals surface area contributed by atoms with Crippen molar-refractivity contribution in [1.29, 1.82) is 0 Å². The Kier molecular flexibility index (Phi) is 3.98. The van der Waals surface area contributed by atoms with Crippen LogP contribution in [-0.2, 0) is 0 Å². The van der Waals surface area contributed by atoms with Crippen molar-refractivity contribution in [2.75, 3.05) is 0 Å². The van der Waals surface area contributed by atoms with Gasteiger partial charge in [0.1, 0.15) is 11.3 Å². The summed E-state index contributed by atoms with van der Waals surface area (Å²) >= 11 is 0.